The van der Waals surface area contributed by atoms with Gasteiger partial charge in [0.2, 0.25) is 0 Å². The standard InChI is InChI=1S/C10H19NO/c1-9-5-3-4-6-10(9)11-7-8-12-2/h9H,3-8H2,1-2H3. The van der Waals surface area contributed by atoms with Crippen LogP contribution in [0.1, 0.15) is 32.6 Å². The summed E-state index contributed by atoms with van der Waals surface area (Å²) in [4.78, 5) is 4.55. The van der Waals surface area contributed by atoms with Crippen LogP contribution in [0.3, 0.4) is 0 Å². The lowest BCUT2D eigenvalue weighted by Crippen LogP contribution is -2.17. The summed E-state index contributed by atoms with van der Waals surface area (Å²) in [6.07, 6.45) is 5.25. The lowest BCUT2D eigenvalue weighted by atomic mass is 9.89. The Morgan fingerprint density at radius 1 is 1.50 bits per heavy atom. The third kappa shape index (κ3) is 2.94. The molecule has 1 fully saturated rings. The molecule has 12 heavy (non-hydrogen) atoms. The van der Waals surface area contributed by atoms with E-state index in [0.29, 0.717) is 0 Å². The highest BCUT2D eigenvalue weighted by Crippen LogP contribution is 2.20. The first-order valence-electron chi connectivity index (χ1n) is 4.86. The number of nitrogens with zero attached hydrogens (tertiary/aromatic N) is 1. The van der Waals surface area contributed by atoms with Gasteiger partial charge in [-0.25, -0.2) is 0 Å². The summed E-state index contributed by atoms with van der Waals surface area (Å²) in [5.41, 5.74) is 1.42. The molecule has 0 saturated heterocycles. The molecule has 1 aliphatic carbocycles. The molecule has 1 unspecified atom stereocenters. The topological polar surface area (TPSA) is 21.6 Å². The van der Waals surface area contributed by atoms with E-state index in [1.54, 1.807) is 7.11 Å². The van der Waals surface area contributed by atoms with Crippen LogP contribution in [0.15, 0.2) is 4.99 Å². The van der Waals surface area contributed by atoms with Crippen LogP contribution in [-0.4, -0.2) is 26.0 Å². The molecule has 2 nitrogen and oxygen atoms in total. The second-order valence-corrected chi connectivity index (χ2v) is 3.51. The van der Waals surface area contributed by atoms with Crippen LogP contribution in [0.2, 0.25) is 0 Å². The maximum absolute atomic E-state index is 4.96. The summed E-state index contributed by atoms with van der Waals surface area (Å²) in [6, 6.07) is 0. The van der Waals surface area contributed by atoms with E-state index in [9.17, 15) is 0 Å². The van der Waals surface area contributed by atoms with Gasteiger partial charge in [0.15, 0.2) is 0 Å². The fourth-order valence-electron chi connectivity index (χ4n) is 1.69. The van der Waals surface area contributed by atoms with Gasteiger partial charge in [0.1, 0.15) is 0 Å². The van der Waals surface area contributed by atoms with Crippen molar-refractivity contribution in [3.05, 3.63) is 0 Å². The zero-order valence-electron chi connectivity index (χ0n) is 8.18. The Morgan fingerprint density at radius 2 is 2.33 bits per heavy atom. The van der Waals surface area contributed by atoms with Gasteiger partial charge in [0, 0.05) is 12.8 Å². The van der Waals surface area contributed by atoms with Gasteiger partial charge < -0.3 is 4.74 Å². The number of hydrogen-bond acceptors (Lipinski definition) is 2. The number of methoxy groups -OCH3 is 1. The van der Waals surface area contributed by atoms with E-state index in [0.717, 1.165) is 19.1 Å². The monoisotopic (exact) mass is 169 g/mol. The van der Waals surface area contributed by atoms with Crippen molar-refractivity contribution in [2.45, 2.75) is 32.6 Å². The molecule has 0 radical (unpaired) electrons. The van der Waals surface area contributed by atoms with Crippen LogP contribution < -0.4 is 0 Å². The Bertz CT molecular complexity index is 154. The molecule has 70 valence electrons. The maximum atomic E-state index is 4.96. The van der Waals surface area contributed by atoms with E-state index in [1.165, 1.54) is 31.4 Å². The highest BCUT2D eigenvalue weighted by atomic mass is 16.5. The lowest BCUT2D eigenvalue weighted by molar-refractivity contribution is 0.207. The summed E-state index contributed by atoms with van der Waals surface area (Å²) < 4.78 is 4.96. The SMILES string of the molecule is COCCN=C1CCCCC1C. The first kappa shape index (κ1) is 9.72. The molecule has 1 saturated carbocycles. The van der Waals surface area contributed by atoms with Gasteiger partial charge in [-0.15, -0.1) is 0 Å². The predicted molar refractivity (Wildman–Crippen MR) is 51.8 cm³/mol. The van der Waals surface area contributed by atoms with Crippen LogP contribution in [0, 0.1) is 5.92 Å². The minimum atomic E-state index is 0.718. The first-order valence-corrected chi connectivity index (χ1v) is 4.86. The molecule has 0 spiro atoms. The normalized spacial score (nSPS) is 27.8. The minimum Gasteiger partial charge on any atom is -0.383 e. The lowest BCUT2D eigenvalue weighted by Gasteiger charge is -2.20. The van der Waals surface area contributed by atoms with Gasteiger partial charge >= 0.3 is 0 Å². The molecule has 0 aromatic carbocycles. The van der Waals surface area contributed by atoms with Gasteiger partial charge in [-0.05, 0) is 25.2 Å². The molecule has 0 aromatic rings. The van der Waals surface area contributed by atoms with Crippen molar-refractivity contribution in [2.75, 3.05) is 20.3 Å². The van der Waals surface area contributed by atoms with Crippen LogP contribution in [-0.2, 0) is 4.74 Å². The molecular formula is C10H19NO. The summed E-state index contributed by atoms with van der Waals surface area (Å²) in [7, 11) is 1.73. The van der Waals surface area contributed by atoms with Gasteiger partial charge in [0.25, 0.3) is 0 Å². The third-order valence-corrected chi connectivity index (χ3v) is 2.50. The van der Waals surface area contributed by atoms with Crippen LogP contribution in [0.4, 0.5) is 0 Å². The molecule has 1 atom stereocenters. The van der Waals surface area contributed by atoms with Crippen molar-refractivity contribution in [1.82, 2.24) is 0 Å². The zero-order valence-corrected chi connectivity index (χ0v) is 8.18. The molecule has 2 heteroatoms. The van der Waals surface area contributed by atoms with Crippen molar-refractivity contribution < 1.29 is 4.74 Å². The molecule has 0 aliphatic heterocycles. The molecule has 1 aliphatic rings. The highest BCUT2D eigenvalue weighted by Gasteiger charge is 2.14. The van der Waals surface area contributed by atoms with Crippen molar-refractivity contribution in [3.63, 3.8) is 0 Å². The fraction of sp³-hybridized carbons (Fsp3) is 0.900. The number of aliphatic imine (C=N–C) groups is 1. The van der Waals surface area contributed by atoms with E-state index in [-0.39, 0.29) is 0 Å². The predicted octanol–water partition coefficient (Wildman–Crippen LogP) is 2.28. The molecule has 1 rings (SSSR count). The smallest absolute Gasteiger partial charge is 0.0658 e. The first-order chi connectivity index (χ1) is 5.84. The summed E-state index contributed by atoms with van der Waals surface area (Å²) in [5.74, 6) is 0.718. The summed E-state index contributed by atoms with van der Waals surface area (Å²) >= 11 is 0. The van der Waals surface area contributed by atoms with Crippen LogP contribution >= 0.6 is 0 Å². The quantitative estimate of drug-likeness (QED) is 0.594. The van der Waals surface area contributed by atoms with E-state index in [4.69, 9.17) is 4.74 Å². The number of hydrogen-bond donors (Lipinski definition) is 0. The van der Waals surface area contributed by atoms with Crippen molar-refractivity contribution in [2.24, 2.45) is 10.9 Å². The summed E-state index contributed by atoms with van der Waals surface area (Å²) in [6.45, 7) is 3.89. The molecule has 0 N–H and O–H groups in total. The van der Waals surface area contributed by atoms with E-state index >= 15 is 0 Å². The Hall–Kier alpha value is -0.370. The molecule has 0 aromatic heterocycles. The molecular weight excluding hydrogens is 150 g/mol. The van der Waals surface area contributed by atoms with Crippen molar-refractivity contribution >= 4 is 5.71 Å². The maximum Gasteiger partial charge on any atom is 0.0658 e. The second-order valence-electron chi connectivity index (χ2n) is 3.51. The van der Waals surface area contributed by atoms with Crippen LogP contribution in [0.25, 0.3) is 0 Å². The largest absolute Gasteiger partial charge is 0.383 e. The average Bonchev–Trinajstić information content (AvgIpc) is 2.09. The van der Waals surface area contributed by atoms with Crippen LogP contribution in [0.5, 0.6) is 0 Å². The van der Waals surface area contributed by atoms with Gasteiger partial charge in [-0.3, -0.25) is 4.99 Å². The summed E-state index contributed by atoms with van der Waals surface area (Å²) in [5, 5.41) is 0. The van der Waals surface area contributed by atoms with Gasteiger partial charge in [0.05, 0.1) is 13.2 Å². The minimum absolute atomic E-state index is 0.718. The van der Waals surface area contributed by atoms with Crippen molar-refractivity contribution in [1.29, 1.82) is 0 Å². The Kier molecular flexibility index (Phi) is 4.30. The van der Waals surface area contributed by atoms with Crippen molar-refractivity contribution in [3.8, 4) is 0 Å². The Labute approximate surface area is 75.0 Å². The third-order valence-electron chi connectivity index (χ3n) is 2.50. The zero-order chi connectivity index (χ0) is 8.81. The van der Waals surface area contributed by atoms with E-state index in [2.05, 4.69) is 11.9 Å². The average molecular weight is 169 g/mol. The Morgan fingerprint density at radius 3 is 3.00 bits per heavy atom. The Balaban J connectivity index is 2.31. The van der Waals surface area contributed by atoms with E-state index in [1.807, 2.05) is 0 Å². The van der Waals surface area contributed by atoms with Gasteiger partial charge in [-0.1, -0.05) is 13.3 Å². The molecule has 0 heterocycles. The second kappa shape index (κ2) is 5.31. The van der Waals surface area contributed by atoms with E-state index < -0.39 is 0 Å². The highest BCUT2D eigenvalue weighted by molar-refractivity contribution is 5.87. The molecule has 0 amide bonds. The fourth-order valence-corrected chi connectivity index (χ4v) is 1.69. The van der Waals surface area contributed by atoms with Gasteiger partial charge in [-0.2, -0.15) is 0 Å². The number of ether oxygens (including phenoxy) is 1. The number of rotatable bonds is 3. The molecule has 0 bridgehead atoms.